The third-order valence-electron chi connectivity index (χ3n) is 6.01. The highest BCUT2D eigenvalue weighted by molar-refractivity contribution is 5.78. The van der Waals surface area contributed by atoms with E-state index in [1.165, 1.54) is 0 Å². The van der Waals surface area contributed by atoms with E-state index in [0.29, 0.717) is 36.4 Å². The van der Waals surface area contributed by atoms with Gasteiger partial charge in [-0.15, -0.1) is 0 Å². The minimum Gasteiger partial charge on any atom is -0.374 e. The summed E-state index contributed by atoms with van der Waals surface area (Å²) in [5, 5.41) is 7.13. The molecule has 0 bridgehead atoms. The molecule has 9 heteroatoms. The van der Waals surface area contributed by atoms with Crippen LogP contribution in [-0.2, 0) is 9.53 Å². The molecule has 2 aliphatic rings. The van der Waals surface area contributed by atoms with Crippen molar-refractivity contribution in [1.82, 2.24) is 30.2 Å². The normalized spacial score (nSPS) is 21.2. The van der Waals surface area contributed by atoms with E-state index in [2.05, 4.69) is 44.1 Å². The monoisotopic (exact) mass is 442 g/mol. The minimum atomic E-state index is 0.0586. The molecule has 1 atom stereocenters. The van der Waals surface area contributed by atoms with Crippen molar-refractivity contribution in [3.63, 3.8) is 0 Å². The summed E-state index contributed by atoms with van der Waals surface area (Å²) < 4.78 is 11.3. The van der Waals surface area contributed by atoms with Crippen LogP contribution in [0.1, 0.15) is 38.5 Å². The summed E-state index contributed by atoms with van der Waals surface area (Å²) in [5.41, 5.74) is 0.714. The zero-order valence-electron chi connectivity index (χ0n) is 19.1. The van der Waals surface area contributed by atoms with Crippen LogP contribution >= 0.6 is 0 Å². The molecule has 2 aromatic rings. The maximum atomic E-state index is 12.5. The van der Waals surface area contributed by atoms with Gasteiger partial charge in [-0.3, -0.25) is 19.6 Å². The lowest BCUT2D eigenvalue weighted by Gasteiger charge is -2.34. The molecule has 0 radical (unpaired) electrons. The number of hydrogen-bond donors (Lipinski definition) is 1. The lowest BCUT2D eigenvalue weighted by molar-refractivity contribution is -0.123. The average molecular weight is 443 g/mol. The van der Waals surface area contributed by atoms with Crippen LogP contribution in [0.4, 0.5) is 0 Å². The number of carbonyl (C=O) groups is 1. The van der Waals surface area contributed by atoms with Gasteiger partial charge in [-0.2, -0.15) is 4.98 Å². The Labute approximate surface area is 189 Å². The number of ether oxygens (including phenoxy) is 1. The first-order valence-corrected chi connectivity index (χ1v) is 11.6. The van der Waals surface area contributed by atoms with Gasteiger partial charge in [0.2, 0.25) is 17.6 Å². The van der Waals surface area contributed by atoms with Gasteiger partial charge in [-0.25, -0.2) is 0 Å². The van der Waals surface area contributed by atoms with Crippen molar-refractivity contribution in [2.24, 2.45) is 5.92 Å². The SMILES string of the molecule is CC(C)CN1CCOC(CNC(=O)CN2CCC(c3nc(-c4ccccn4)no3)CC2)C1. The first kappa shape index (κ1) is 22.8. The second-order valence-electron chi connectivity index (χ2n) is 9.17. The first-order valence-electron chi connectivity index (χ1n) is 11.6. The van der Waals surface area contributed by atoms with Crippen molar-refractivity contribution in [3.05, 3.63) is 30.3 Å². The number of likely N-dealkylation sites (tertiary alicyclic amines) is 1. The van der Waals surface area contributed by atoms with Crippen LogP contribution in [0, 0.1) is 5.92 Å². The molecular formula is C23H34N6O3. The summed E-state index contributed by atoms with van der Waals surface area (Å²) >= 11 is 0. The van der Waals surface area contributed by atoms with Gasteiger partial charge < -0.3 is 14.6 Å². The largest absolute Gasteiger partial charge is 0.374 e. The summed E-state index contributed by atoms with van der Waals surface area (Å²) in [4.78, 5) is 25.9. The van der Waals surface area contributed by atoms with E-state index in [1.807, 2.05) is 18.2 Å². The molecule has 174 valence electrons. The number of carbonyl (C=O) groups excluding carboxylic acids is 1. The molecule has 4 heterocycles. The number of rotatable bonds is 8. The van der Waals surface area contributed by atoms with E-state index in [0.717, 1.165) is 52.2 Å². The van der Waals surface area contributed by atoms with Crippen LogP contribution < -0.4 is 5.32 Å². The Morgan fingerprint density at radius 2 is 2.06 bits per heavy atom. The summed E-state index contributed by atoms with van der Waals surface area (Å²) in [6, 6.07) is 5.64. The molecule has 2 aromatic heterocycles. The number of piperidine rings is 1. The third kappa shape index (κ3) is 6.34. The molecule has 0 saturated carbocycles. The number of nitrogens with one attached hydrogen (secondary N) is 1. The second kappa shape index (κ2) is 11.0. The van der Waals surface area contributed by atoms with Crippen LogP contribution in [0.15, 0.2) is 28.9 Å². The number of aromatic nitrogens is 3. The molecule has 1 unspecified atom stereocenters. The fourth-order valence-electron chi connectivity index (χ4n) is 4.41. The number of pyridine rings is 1. The van der Waals surface area contributed by atoms with E-state index in [9.17, 15) is 4.79 Å². The van der Waals surface area contributed by atoms with Crippen LogP contribution in [0.2, 0.25) is 0 Å². The van der Waals surface area contributed by atoms with E-state index in [-0.39, 0.29) is 17.9 Å². The van der Waals surface area contributed by atoms with E-state index in [1.54, 1.807) is 6.20 Å². The summed E-state index contributed by atoms with van der Waals surface area (Å²) in [6.45, 7) is 10.8. The number of hydrogen-bond acceptors (Lipinski definition) is 8. The predicted octanol–water partition coefficient (Wildman–Crippen LogP) is 1.78. The number of nitrogens with zero attached hydrogens (tertiary/aromatic N) is 5. The van der Waals surface area contributed by atoms with Gasteiger partial charge in [0.15, 0.2) is 0 Å². The molecular weight excluding hydrogens is 408 g/mol. The Morgan fingerprint density at radius 3 is 2.81 bits per heavy atom. The maximum absolute atomic E-state index is 12.5. The predicted molar refractivity (Wildman–Crippen MR) is 120 cm³/mol. The fraction of sp³-hybridized carbons (Fsp3) is 0.652. The average Bonchev–Trinajstić information content (AvgIpc) is 3.29. The van der Waals surface area contributed by atoms with Gasteiger partial charge in [0.05, 0.1) is 19.3 Å². The van der Waals surface area contributed by atoms with Gasteiger partial charge in [-0.05, 0) is 44.0 Å². The van der Waals surface area contributed by atoms with Crippen LogP contribution in [0.25, 0.3) is 11.5 Å². The third-order valence-corrected chi connectivity index (χ3v) is 6.01. The van der Waals surface area contributed by atoms with E-state index >= 15 is 0 Å². The summed E-state index contributed by atoms with van der Waals surface area (Å²) in [7, 11) is 0. The fourth-order valence-corrected chi connectivity index (χ4v) is 4.41. The van der Waals surface area contributed by atoms with E-state index < -0.39 is 0 Å². The van der Waals surface area contributed by atoms with Crippen molar-refractivity contribution >= 4 is 5.91 Å². The Morgan fingerprint density at radius 1 is 1.22 bits per heavy atom. The Hall–Kier alpha value is -2.36. The van der Waals surface area contributed by atoms with Crippen molar-refractivity contribution in [2.45, 2.75) is 38.7 Å². The highest BCUT2D eigenvalue weighted by Crippen LogP contribution is 2.28. The standard InChI is InChI=1S/C23H34N6O3/c1-17(2)14-29-11-12-31-19(15-29)13-25-21(30)16-28-9-6-18(7-10-28)23-26-22(27-32-23)20-5-3-4-8-24-20/h3-5,8,17-19H,6-7,9-16H2,1-2H3,(H,25,30). The smallest absolute Gasteiger partial charge is 0.234 e. The zero-order valence-corrected chi connectivity index (χ0v) is 19.1. The molecule has 2 fully saturated rings. The molecule has 0 aromatic carbocycles. The molecule has 2 saturated heterocycles. The molecule has 1 amide bonds. The molecule has 9 nitrogen and oxygen atoms in total. The van der Waals surface area contributed by atoms with Gasteiger partial charge in [-0.1, -0.05) is 25.1 Å². The van der Waals surface area contributed by atoms with Gasteiger partial charge in [0, 0.05) is 38.3 Å². The highest BCUT2D eigenvalue weighted by atomic mass is 16.5. The topological polar surface area (TPSA) is 96.6 Å². The van der Waals surface area contributed by atoms with Crippen molar-refractivity contribution in [1.29, 1.82) is 0 Å². The van der Waals surface area contributed by atoms with Crippen molar-refractivity contribution in [3.8, 4) is 11.5 Å². The first-order chi connectivity index (χ1) is 15.6. The lowest BCUT2D eigenvalue weighted by atomic mass is 9.97. The summed E-state index contributed by atoms with van der Waals surface area (Å²) in [5.74, 6) is 2.11. The minimum absolute atomic E-state index is 0.0586. The molecule has 0 aliphatic carbocycles. The van der Waals surface area contributed by atoms with Crippen LogP contribution in [0.5, 0.6) is 0 Å². The zero-order chi connectivity index (χ0) is 22.3. The second-order valence-corrected chi connectivity index (χ2v) is 9.17. The van der Waals surface area contributed by atoms with Crippen LogP contribution in [-0.4, -0.2) is 89.4 Å². The van der Waals surface area contributed by atoms with Crippen molar-refractivity contribution < 1.29 is 14.1 Å². The summed E-state index contributed by atoms with van der Waals surface area (Å²) in [6.07, 6.45) is 3.58. The van der Waals surface area contributed by atoms with Crippen LogP contribution in [0.3, 0.4) is 0 Å². The van der Waals surface area contributed by atoms with Gasteiger partial charge in [0.25, 0.3) is 0 Å². The highest BCUT2D eigenvalue weighted by Gasteiger charge is 2.27. The van der Waals surface area contributed by atoms with Gasteiger partial charge in [0.1, 0.15) is 5.69 Å². The Kier molecular flexibility index (Phi) is 7.83. The lowest BCUT2D eigenvalue weighted by Crippen LogP contribution is -2.49. The molecule has 32 heavy (non-hydrogen) atoms. The Balaban J connectivity index is 1.17. The molecule has 4 rings (SSSR count). The quantitative estimate of drug-likeness (QED) is 0.661. The van der Waals surface area contributed by atoms with Gasteiger partial charge >= 0.3 is 0 Å². The maximum Gasteiger partial charge on any atom is 0.234 e. The number of morpholine rings is 1. The number of amides is 1. The molecule has 2 aliphatic heterocycles. The molecule has 0 spiro atoms. The molecule has 1 N–H and O–H groups in total. The van der Waals surface area contributed by atoms with E-state index in [4.69, 9.17) is 9.26 Å². The van der Waals surface area contributed by atoms with Crippen molar-refractivity contribution in [2.75, 3.05) is 52.4 Å². The Bertz CT molecular complexity index is 850.